The Hall–Kier alpha value is -2.08. The fourth-order valence-corrected chi connectivity index (χ4v) is 3.40. The number of ether oxygens (including phenoxy) is 1. The number of hydrogen-bond donors (Lipinski definition) is 1. The molecule has 0 unspecified atom stereocenters. The summed E-state index contributed by atoms with van der Waals surface area (Å²) in [4.78, 5) is 24.9. The first-order valence-corrected chi connectivity index (χ1v) is 7.67. The van der Waals surface area contributed by atoms with Gasteiger partial charge in [-0.1, -0.05) is 12.1 Å². The normalized spacial score (nSPS) is 21.9. The molecule has 1 aromatic carbocycles. The maximum Gasteiger partial charge on any atom is 0.329 e. The molecule has 1 aliphatic heterocycles. The summed E-state index contributed by atoms with van der Waals surface area (Å²) in [5.41, 5.74) is 1.75. The van der Waals surface area contributed by atoms with Gasteiger partial charge in [0.15, 0.2) is 0 Å². The first-order chi connectivity index (χ1) is 10.7. The quantitative estimate of drug-likeness (QED) is 0.864. The number of carbonyl (C=O) groups is 1. The summed E-state index contributed by atoms with van der Waals surface area (Å²) >= 11 is 0. The lowest BCUT2D eigenvalue weighted by Gasteiger charge is -2.31. The number of imidazole rings is 1. The van der Waals surface area contributed by atoms with E-state index in [2.05, 4.69) is 5.32 Å². The summed E-state index contributed by atoms with van der Waals surface area (Å²) in [6.45, 7) is 3.89. The largest absolute Gasteiger partial charge is 0.469 e. The Morgan fingerprint density at radius 1 is 1.36 bits per heavy atom. The molecule has 1 aromatic heterocycles. The maximum atomic E-state index is 12.8. The van der Waals surface area contributed by atoms with E-state index < -0.39 is 0 Å². The summed E-state index contributed by atoms with van der Waals surface area (Å²) in [5, 5.41) is 3.22. The minimum atomic E-state index is -0.340. The first-order valence-electron chi connectivity index (χ1n) is 7.67. The second-order valence-electron chi connectivity index (χ2n) is 5.58. The molecule has 1 N–H and O–H groups in total. The molecule has 118 valence electrons. The van der Waals surface area contributed by atoms with Crippen LogP contribution in [0.25, 0.3) is 11.0 Å². The second-order valence-corrected chi connectivity index (χ2v) is 5.58. The number of aryl methyl sites for hydroxylation is 1. The molecule has 3 rings (SSSR count). The molecule has 1 aliphatic rings. The van der Waals surface area contributed by atoms with Crippen LogP contribution in [0.3, 0.4) is 0 Å². The Kier molecular flexibility index (Phi) is 4.02. The van der Waals surface area contributed by atoms with Gasteiger partial charge in [0.2, 0.25) is 0 Å². The molecular weight excluding hydrogens is 282 g/mol. The summed E-state index contributed by atoms with van der Waals surface area (Å²) in [7, 11) is 1.39. The van der Waals surface area contributed by atoms with Gasteiger partial charge in [-0.15, -0.1) is 0 Å². The smallest absolute Gasteiger partial charge is 0.329 e. The van der Waals surface area contributed by atoms with E-state index >= 15 is 0 Å². The average molecular weight is 303 g/mol. The Bertz CT molecular complexity index is 747. The maximum absolute atomic E-state index is 12.8. The third-order valence-corrected chi connectivity index (χ3v) is 4.47. The SMILES string of the molecule is CCn1c(=O)n([C@@H]2CCNC[C@@H]2C(=O)OC)c2ccccc21. The zero-order valence-electron chi connectivity index (χ0n) is 12.9. The Morgan fingerprint density at radius 3 is 2.77 bits per heavy atom. The van der Waals surface area contributed by atoms with Gasteiger partial charge < -0.3 is 10.1 Å². The van der Waals surface area contributed by atoms with Gasteiger partial charge >= 0.3 is 11.7 Å². The molecule has 2 atom stereocenters. The van der Waals surface area contributed by atoms with E-state index in [1.165, 1.54) is 7.11 Å². The predicted molar refractivity (Wildman–Crippen MR) is 83.9 cm³/mol. The monoisotopic (exact) mass is 303 g/mol. The van der Waals surface area contributed by atoms with E-state index in [-0.39, 0.29) is 23.6 Å². The highest BCUT2D eigenvalue weighted by atomic mass is 16.5. The van der Waals surface area contributed by atoms with Crippen molar-refractivity contribution in [2.45, 2.75) is 25.9 Å². The number of para-hydroxylation sites is 2. The van der Waals surface area contributed by atoms with Crippen molar-refractivity contribution >= 4 is 17.0 Å². The lowest BCUT2D eigenvalue weighted by molar-refractivity contribution is -0.147. The summed E-state index contributed by atoms with van der Waals surface area (Å²) in [6.07, 6.45) is 0.734. The van der Waals surface area contributed by atoms with E-state index in [0.29, 0.717) is 13.1 Å². The minimum Gasteiger partial charge on any atom is -0.469 e. The highest BCUT2D eigenvalue weighted by molar-refractivity contribution is 5.77. The van der Waals surface area contributed by atoms with Gasteiger partial charge in [0.25, 0.3) is 0 Å². The standard InChI is InChI=1S/C16H21N3O3/c1-3-18-13-6-4-5-7-14(13)19(16(18)21)12-8-9-17-10-11(12)15(20)22-2/h4-7,11-12,17H,3,8-10H2,1-2H3/t11-,12+/m0/s1. The Balaban J connectivity index is 2.18. The highest BCUT2D eigenvalue weighted by Crippen LogP contribution is 2.28. The molecular formula is C16H21N3O3. The number of rotatable bonds is 3. The van der Waals surface area contributed by atoms with Crippen molar-refractivity contribution < 1.29 is 9.53 Å². The fourth-order valence-electron chi connectivity index (χ4n) is 3.40. The van der Waals surface area contributed by atoms with E-state index in [9.17, 15) is 9.59 Å². The average Bonchev–Trinajstić information content (AvgIpc) is 2.85. The minimum absolute atomic E-state index is 0.0514. The number of piperidine rings is 1. The van der Waals surface area contributed by atoms with Crippen LogP contribution < -0.4 is 11.0 Å². The van der Waals surface area contributed by atoms with Crippen molar-refractivity contribution in [3.05, 3.63) is 34.7 Å². The molecule has 1 saturated heterocycles. The van der Waals surface area contributed by atoms with Gasteiger partial charge in [-0.25, -0.2) is 4.79 Å². The number of nitrogens with one attached hydrogen (secondary N) is 1. The number of esters is 1. The van der Waals surface area contributed by atoms with Gasteiger partial charge in [0, 0.05) is 13.1 Å². The topological polar surface area (TPSA) is 65.3 Å². The van der Waals surface area contributed by atoms with Crippen LogP contribution in [-0.2, 0) is 16.1 Å². The van der Waals surface area contributed by atoms with Crippen molar-refractivity contribution in [1.29, 1.82) is 0 Å². The van der Waals surface area contributed by atoms with Crippen LogP contribution >= 0.6 is 0 Å². The predicted octanol–water partition coefficient (Wildman–Crippen LogP) is 1.15. The van der Waals surface area contributed by atoms with E-state index in [1.54, 1.807) is 9.13 Å². The molecule has 1 fully saturated rings. The number of methoxy groups -OCH3 is 1. The van der Waals surface area contributed by atoms with Crippen molar-refractivity contribution in [2.24, 2.45) is 5.92 Å². The van der Waals surface area contributed by atoms with Crippen LogP contribution in [0.5, 0.6) is 0 Å². The number of aromatic nitrogens is 2. The molecule has 6 nitrogen and oxygen atoms in total. The first kappa shape index (κ1) is 14.8. The third-order valence-electron chi connectivity index (χ3n) is 4.47. The molecule has 0 spiro atoms. The molecule has 0 bridgehead atoms. The number of hydrogen-bond acceptors (Lipinski definition) is 4. The summed E-state index contributed by atoms with van der Waals surface area (Å²) < 4.78 is 8.46. The van der Waals surface area contributed by atoms with Crippen LogP contribution in [0.1, 0.15) is 19.4 Å². The Morgan fingerprint density at radius 2 is 2.09 bits per heavy atom. The number of fused-ring (bicyclic) bond motifs is 1. The van der Waals surface area contributed by atoms with E-state index in [1.807, 2.05) is 31.2 Å². The van der Waals surface area contributed by atoms with Crippen LogP contribution in [0.2, 0.25) is 0 Å². The van der Waals surface area contributed by atoms with Crippen LogP contribution in [0.15, 0.2) is 29.1 Å². The van der Waals surface area contributed by atoms with Crippen molar-refractivity contribution in [1.82, 2.24) is 14.5 Å². The number of carbonyl (C=O) groups excluding carboxylic acids is 1. The molecule has 0 saturated carbocycles. The fraction of sp³-hybridized carbons (Fsp3) is 0.500. The van der Waals surface area contributed by atoms with Crippen molar-refractivity contribution in [3.8, 4) is 0 Å². The Labute approximate surface area is 128 Å². The lowest BCUT2D eigenvalue weighted by Crippen LogP contribution is -2.45. The molecule has 0 radical (unpaired) electrons. The molecule has 2 heterocycles. The molecule has 0 amide bonds. The molecule has 6 heteroatoms. The molecule has 2 aromatic rings. The third kappa shape index (κ3) is 2.23. The van der Waals surface area contributed by atoms with Gasteiger partial charge in [-0.3, -0.25) is 13.9 Å². The molecule has 22 heavy (non-hydrogen) atoms. The van der Waals surface area contributed by atoms with Crippen molar-refractivity contribution in [3.63, 3.8) is 0 Å². The zero-order chi connectivity index (χ0) is 15.7. The summed E-state index contributed by atoms with van der Waals surface area (Å²) in [5.74, 6) is -0.606. The van der Waals surface area contributed by atoms with E-state index in [4.69, 9.17) is 4.74 Å². The lowest BCUT2D eigenvalue weighted by atomic mass is 9.93. The summed E-state index contributed by atoms with van der Waals surface area (Å²) in [6, 6.07) is 7.58. The molecule has 0 aliphatic carbocycles. The zero-order valence-corrected chi connectivity index (χ0v) is 12.9. The van der Waals surface area contributed by atoms with Crippen LogP contribution in [0, 0.1) is 5.92 Å². The highest BCUT2D eigenvalue weighted by Gasteiger charge is 2.35. The van der Waals surface area contributed by atoms with Gasteiger partial charge in [0.1, 0.15) is 0 Å². The van der Waals surface area contributed by atoms with Gasteiger partial charge in [0.05, 0.1) is 30.1 Å². The van der Waals surface area contributed by atoms with E-state index in [0.717, 1.165) is 24.0 Å². The number of benzene rings is 1. The van der Waals surface area contributed by atoms with Crippen molar-refractivity contribution in [2.75, 3.05) is 20.2 Å². The number of nitrogens with zero attached hydrogens (tertiary/aromatic N) is 2. The van der Waals surface area contributed by atoms with Crippen LogP contribution in [-0.4, -0.2) is 35.3 Å². The second kappa shape index (κ2) is 5.96. The van der Waals surface area contributed by atoms with Gasteiger partial charge in [-0.05, 0) is 32.0 Å². The van der Waals surface area contributed by atoms with Crippen LogP contribution in [0.4, 0.5) is 0 Å². The van der Waals surface area contributed by atoms with Gasteiger partial charge in [-0.2, -0.15) is 0 Å².